The number of halogens is 1. The minimum atomic E-state index is -3.56. The first-order valence-corrected chi connectivity index (χ1v) is 13.7. The van der Waals surface area contributed by atoms with Gasteiger partial charge in [-0.05, 0) is 68.5 Å². The van der Waals surface area contributed by atoms with E-state index in [1.165, 1.54) is 21.3 Å². The molecule has 2 aromatic rings. The van der Waals surface area contributed by atoms with E-state index in [0.29, 0.717) is 17.8 Å². The number of hydrogen-bond acceptors (Lipinski definition) is 4. The van der Waals surface area contributed by atoms with Gasteiger partial charge >= 0.3 is 0 Å². The van der Waals surface area contributed by atoms with E-state index in [1.54, 1.807) is 25.1 Å². The van der Waals surface area contributed by atoms with Crippen molar-refractivity contribution >= 4 is 27.5 Å². The van der Waals surface area contributed by atoms with E-state index in [1.807, 2.05) is 32.9 Å². The summed E-state index contributed by atoms with van der Waals surface area (Å²) in [5.74, 6) is -0.925. The molecular formula is C26H36FN3O4S. The SMILES string of the molecule is CCCNC(=O)C(C)N(Cc1ccc(F)cc1)C(=O)CCCN(c1cccc(C)c1C)S(C)(=O)=O. The molecule has 35 heavy (non-hydrogen) atoms. The van der Waals surface area contributed by atoms with Crippen molar-refractivity contribution in [3.63, 3.8) is 0 Å². The molecule has 0 aromatic heterocycles. The van der Waals surface area contributed by atoms with Gasteiger partial charge in [-0.15, -0.1) is 0 Å². The zero-order chi connectivity index (χ0) is 26.2. The van der Waals surface area contributed by atoms with Gasteiger partial charge in [0.15, 0.2) is 0 Å². The first-order valence-electron chi connectivity index (χ1n) is 11.8. The van der Waals surface area contributed by atoms with Crippen LogP contribution in [0.3, 0.4) is 0 Å². The van der Waals surface area contributed by atoms with Gasteiger partial charge in [0, 0.05) is 26.1 Å². The molecule has 0 radical (unpaired) electrons. The summed E-state index contributed by atoms with van der Waals surface area (Å²) in [6.07, 6.45) is 2.26. The van der Waals surface area contributed by atoms with Gasteiger partial charge in [0.05, 0.1) is 11.9 Å². The average molecular weight is 506 g/mol. The van der Waals surface area contributed by atoms with Crippen LogP contribution in [-0.4, -0.2) is 50.5 Å². The number of carbonyl (C=O) groups is 2. The second kappa shape index (κ2) is 12.7. The first kappa shape index (κ1) is 28.3. The predicted octanol–water partition coefficient (Wildman–Crippen LogP) is 3.93. The summed E-state index contributed by atoms with van der Waals surface area (Å²) in [4.78, 5) is 27.3. The zero-order valence-electron chi connectivity index (χ0n) is 21.2. The van der Waals surface area contributed by atoms with Crippen molar-refractivity contribution < 1.29 is 22.4 Å². The summed E-state index contributed by atoms with van der Waals surface area (Å²) in [7, 11) is -3.56. The molecule has 0 bridgehead atoms. The molecule has 0 aliphatic carbocycles. The third-order valence-electron chi connectivity index (χ3n) is 5.98. The number of benzene rings is 2. The van der Waals surface area contributed by atoms with Crippen LogP contribution in [0.15, 0.2) is 42.5 Å². The van der Waals surface area contributed by atoms with Gasteiger partial charge in [-0.1, -0.05) is 31.2 Å². The Bertz CT molecular complexity index is 1120. The summed E-state index contributed by atoms with van der Waals surface area (Å²) in [6.45, 7) is 8.17. The van der Waals surface area contributed by atoms with E-state index in [9.17, 15) is 22.4 Å². The molecule has 0 heterocycles. The lowest BCUT2D eigenvalue weighted by Gasteiger charge is -2.29. The number of rotatable bonds is 12. The van der Waals surface area contributed by atoms with E-state index in [2.05, 4.69) is 5.32 Å². The van der Waals surface area contributed by atoms with Crippen LogP contribution in [-0.2, 0) is 26.2 Å². The predicted molar refractivity (Wildman–Crippen MR) is 137 cm³/mol. The smallest absolute Gasteiger partial charge is 0.242 e. The van der Waals surface area contributed by atoms with Gasteiger partial charge in [0.1, 0.15) is 11.9 Å². The second-order valence-corrected chi connectivity index (χ2v) is 10.7. The standard InChI is InChI=1S/C26H36FN3O4S/c1-6-16-28-26(32)21(4)29(18-22-12-14-23(27)15-13-22)25(31)11-8-17-30(35(5,33)34)24-10-7-9-19(2)20(24)3/h7,9-10,12-15,21H,6,8,11,16-18H2,1-5H3,(H,28,32). The zero-order valence-corrected chi connectivity index (χ0v) is 22.0. The molecule has 2 amide bonds. The van der Waals surface area contributed by atoms with Gasteiger partial charge in [-0.25, -0.2) is 12.8 Å². The van der Waals surface area contributed by atoms with Crippen LogP contribution >= 0.6 is 0 Å². The molecule has 2 aromatic carbocycles. The molecule has 192 valence electrons. The summed E-state index contributed by atoms with van der Waals surface area (Å²) < 4.78 is 39.7. The average Bonchev–Trinajstić information content (AvgIpc) is 2.80. The minimum Gasteiger partial charge on any atom is -0.354 e. The number of amides is 2. The Morgan fingerprint density at radius 2 is 1.74 bits per heavy atom. The first-order chi connectivity index (χ1) is 16.5. The van der Waals surface area contributed by atoms with E-state index >= 15 is 0 Å². The number of hydrogen-bond donors (Lipinski definition) is 1. The van der Waals surface area contributed by atoms with Crippen LogP contribution in [0, 0.1) is 19.7 Å². The Labute approximate surface area is 208 Å². The van der Waals surface area contributed by atoms with Crippen LogP contribution in [0.2, 0.25) is 0 Å². The van der Waals surface area contributed by atoms with Crippen LogP contribution < -0.4 is 9.62 Å². The quantitative estimate of drug-likeness (QED) is 0.474. The fraction of sp³-hybridized carbons (Fsp3) is 0.462. The third kappa shape index (κ3) is 8.06. The molecule has 0 spiro atoms. The van der Waals surface area contributed by atoms with E-state index in [0.717, 1.165) is 23.8 Å². The van der Waals surface area contributed by atoms with Crippen molar-refractivity contribution in [3.05, 3.63) is 65.0 Å². The van der Waals surface area contributed by atoms with Crippen molar-refractivity contribution in [2.24, 2.45) is 0 Å². The lowest BCUT2D eigenvalue weighted by Crippen LogP contribution is -2.47. The lowest BCUT2D eigenvalue weighted by molar-refractivity contribution is -0.140. The fourth-order valence-electron chi connectivity index (χ4n) is 3.75. The molecule has 9 heteroatoms. The van der Waals surface area contributed by atoms with Crippen molar-refractivity contribution in [2.45, 2.75) is 59.5 Å². The maximum Gasteiger partial charge on any atom is 0.242 e. The van der Waals surface area contributed by atoms with Crippen LogP contribution in [0.5, 0.6) is 0 Å². The normalized spacial score (nSPS) is 12.2. The Kier molecular flexibility index (Phi) is 10.2. The number of nitrogens with one attached hydrogen (secondary N) is 1. The van der Waals surface area contributed by atoms with Crippen molar-refractivity contribution in [1.82, 2.24) is 10.2 Å². The summed E-state index contributed by atoms with van der Waals surface area (Å²) in [5.41, 5.74) is 3.13. The maximum atomic E-state index is 13.3. The largest absolute Gasteiger partial charge is 0.354 e. The highest BCUT2D eigenvalue weighted by Crippen LogP contribution is 2.25. The minimum absolute atomic E-state index is 0.0590. The molecule has 1 atom stereocenters. The Morgan fingerprint density at radius 3 is 2.34 bits per heavy atom. The number of anilines is 1. The molecule has 0 aliphatic rings. The lowest BCUT2D eigenvalue weighted by atomic mass is 10.1. The summed E-state index contributed by atoms with van der Waals surface area (Å²) >= 11 is 0. The molecule has 0 aliphatic heterocycles. The number of nitrogens with zero attached hydrogens (tertiary/aromatic N) is 2. The van der Waals surface area contributed by atoms with E-state index in [4.69, 9.17) is 0 Å². The van der Waals surface area contributed by atoms with Gasteiger partial charge in [0.25, 0.3) is 0 Å². The molecule has 0 fully saturated rings. The summed E-state index contributed by atoms with van der Waals surface area (Å²) in [6, 6.07) is 10.5. The molecule has 0 saturated carbocycles. The molecule has 0 saturated heterocycles. The summed E-state index contributed by atoms with van der Waals surface area (Å²) in [5, 5.41) is 2.81. The number of sulfonamides is 1. The highest BCUT2D eigenvalue weighted by atomic mass is 32.2. The Hall–Kier alpha value is -2.94. The van der Waals surface area contributed by atoms with Crippen molar-refractivity contribution in [1.29, 1.82) is 0 Å². The Balaban J connectivity index is 2.18. The highest BCUT2D eigenvalue weighted by molar-refractivity contribution is 7.92. The molecule has 7 nitrogen and oxygen atoms in total. The molecule has 2 rings (SSSR count). The van der Waals surface area contributed by atoms with Crippen LogP contribution in [0.4, 0.5) is 10.1 Å². The Morgan fingerprint density at radius 1 is 1.09 bits per heavy atom. The third-order valence-corrected chi connectivity index (χ3v) is 7.16. The molecule has 1 unspecified atom stereocenters. The molecule has 1 N–H and O–H groups in total. The van der Waals surface area contributed by atoms with E-state index < -0.39 is 16.1 Å². The van der Waals surface area contributed by atoms with Crippen molar-refractivity contribution in [3.8, 4) is 0 Å². The van der Waals surface area contributed by atoms with Gasteiger partial charge < -0.3 is 10.2 Å². The van der Waals surface area contributed by atoms with Crippen molar-refractivity contribution in [2.75, 3.05) is 23.7 Å². The van der Waals surface area contributed by atoms with Gasteiger partial charge in [-0.2, -0.15) is 0 Å². The second-order valence-electron chi connectivity index (χ2n) is 8.77. The molecular weight excluding hydrogens is 469 g/mol. The van der Waals surface area contributed by atoms with E-state index in [-0.39, 0.29) is 43.6 Å². The van der Waals surface area contributed by atoms with Gasteiger partial charge in [-0.3, -0.25) is 13.9 Å². The fourth-order valence-corrected chi connectivity index (χ4v) is 4.77. The number of aryl methyl sites for hydroxylation is 1. The monoisotopic (exact) mass is 505 g/mol. The van der Waals surface area contributed by atoms with Gasteiger partial charge in [0.2, 0.25) is 21.8 Å². The maximum absolute atomic E-state index is 13.3. The number of carbonyl (C=O) groups excluding carboxylic acids is 2. The van der Waals surface area contributed by atoms with Crippen LogP contribution in [0.1, 0.15) is 49.8 Å². The topological polar surface area (TPSA) is 86.8 Å². The highest BCUT2D eigenvalue weighted by Gasteiger charge is 2.26. The van der Waals surface area contributed by atoms with Crippen LogP contribution in [0.25, 0.3) is 0 Å².